The fourth-order valence-electron chi connectivity index (χ4n) is 1.69. The van der Waals surface area contributed by atoms with Gasteiger partial charge in [-0.2, -0.15) is 0 Å². The van der Waals surface area contributed by atoms with Crippen LogP contribution in [0.5, 0.6) is 0 Å². The average Bonchev–Trinajstić information content (AvgIpc) is 2.60. The smallest absolute Gasteiger partial charge is 0.114 e. The van der Waals surface area contributed by atoms with E-state index < -0.39 is 6.10 Å². The molecule has 5 nitrogen and oxygen atoms in total. The van der Waals surface area contributed by atoms with E-state index >= 15 is 0 Å². The highest BCUT2D eigenvalue weighted by Crippen LogP contribution is 2.22. The molecule has 1 unspecified atom stereocenters. The molecule has 1 aliphatic rings. The minimum atomic E-state index is -0.676. The lowest BCUT2D eigenvalue weighted by Gasteiger charge is -2.24. The Morgan fingerprint density at radius 1 is 1.36 bits per heavy atom. The molecule has 1 aliphatic heterocycles. The molecule has 14 heavy (non-hydrogen) atoms. The van der Waals surface area contributed by atoms with Crippen LogP contribution in [-0.2, 0) is 18.9 Å². The molecular weight excluding hydrogens is 188 g/mol. The third-order valence-electron chi connectivity index (χ3n) is 2.43. The van der Waals surface area contributed by atoms with Crippen molar-refractivity contribution in [1.29, 1.82) is 0 Å². The predicted molar refractivity (Wildman–Crippen MR) is 49.2 cm³/mol. The van der Waals surface area contributed by atoms with Gasteiger partial charge in [0.25, 0.3) is 0 Å². The van der Waals surface area contributed by atoms with Crippen LogP contribution < -0.4 is 0 Å². The van der Waals surface area contributed by atoms with Gasteiger partial charge in [-0.25, -0.2) is 0 Å². The molecule has 0 amide bonds. The molecule has 0 spiro atoms. The van der Waals surface area contributed by atoms with Gasteiger partial charge in [0.05, 0.1) is 13.2 Å². The molecule has 4 atom stereocenters. The Bertz CT molecular complexity index is 163. The molecule has 1 saturated heterocycles. The monoisotopic (exact) mass is 206 g/mol. The maximum Gasteiger partial charge on any atom is 0.114 e. The lowest BCUT2D eigenvalue weighted by Crippen LogP contribution is -2.42. The molecule has 0 aromatic carbocycles. The van der Waals surface area contributed by atoms with Gasteiger partial charge in [0.15, 0.2) is 0 Å². The largest absolute Gasteiger partial charge is 0.388 e. The molecule has 0 radical (unpaired) electrons. The maximum absolute atomic E-state index is 9.68. The summed E-state index contributed by atoms with van der Waals surface area (Å²) in [7, 11) is 4.72. The average molecular weight is 206 g/mol. The molecule has 1 N–H and O–H groups in total. The van der Waals surface area contributed by atoms with E-state index in [1.807, 2.05) is 0 Å². The lowest BCUT2D eigenvalue weighted by molar-refractivity contribution is -0.0883. The standard InChI is InChI=1S/C9H18O5/c1-11-4-6(10)8-9(13-3)7(12-2)5-14-8/h6-10H,4-5H2,1-3H3/t6-,7-,8-,9?/m1/s1. The highest BCUT2D eigenvalue weighted by atomic mass is 16.6. The second-order valence-electron chi connectivity index (χ2n) is 3.30. The quantitative estimate of drug-likeness (QED) is 0.652. The summed E-state index contributed by atoms with van der Waals surface area (Å²) in [6.45, 7) is 0.682. The molecule has 0 aliphatic carbocycles. The van der Waals surface area contributed by atoms with E-state index in [9.17, 15) is 5.11 Å². The molecule has 1 heterocycles. The number of rotatable bonds is 5. The van der Waals surface area contributed by atoms with E-state index in [1.165, 1.54) is 7.11 Å². The van der Waals surface area contributed by atoms with Crippen LogP contribution in [0.15, 0.2) is 0 Å². The molecular formula is C9H18O5. The molecule has 0 aromatic heterocycles. The van der Waals surface area contributed by atoms with Crippen molar-refractivity contribution in [3.63, 3.8) is 0 Å². The predicted octanol–water partition coefficient (Wildman–Crippen LogP) is -0.577. The molecule has 1 rings (SSSR count). The van der Waals surface area contributed by atoms with Gasteiger partial charge >= 0.3 is 0 Å². The Morgan fingerprint density at radius 3 is 2.57 bits per heavy atom. The first-order valence-corrected chi connectivity index (χ1v) is 4.58. The van der Waals surface area contributed by atoms with Gasteiger partial charge in [0, 0.05) is 21.3 Å². The van der Waals surface area contributed by atoms with Gasteiger partial charge in [-0.1, -0.05) is 0 Å². The van der Waals surface area contributed by atoms with Gasteiger partial charge in [-0.05, 0) is 0 Å². The first kappa shape index (κ1) is 11.9. The third kappa shape index (κ3) is 2.43. The van der Waals surface area contributed by atoms with Crippen LogP contribution >= 0.6 is 0 Å². The fraction of sp³-hybridized carbons (Fsp3) is 1.00. The Morgan fingerprint density at radius 2 is 2.07 bits per heavy atom. The van der Waals surface area contributed by atoms with Crippen molar-refractivity contribution in [3.8, 4) is 0 Å². The summed E-state index contributed by atoms with van der Waals surface area (Å²) in [5.41, 5.74) is 0. The van der Waals surface area contributed by atoms with Crippen LogP contribution in [0.4, 0.5) is 0 Å². The van der Waals surface area contributed by atoms with Crippen molar-refractivity contribution in [2.45, 2.75) is 24.4 Å². The number of aliphatic hydroxyl groups is 1. The maximum atomic E-state index is 9.68. The summed E-state index contributed by atoms with van der Waals surface area (Å²) in [4.78, 5) is 0. The molecule has 0 bridgehead atoms. The van der Waals surface area contributed by atoms with Crippen LogP contribution in [0.3, 0.4) is 0 Å². The first-order valence-electron chi connectivity index (χ1n) is 4.58. The van der Waals surface area contributed by atoms with E-state index in [0.29, 0.717) is 6.61 Å². The SMILES string of the molecule is COC[C@@H](O)[C@H]1OC[C@@H](OC)C1OC. The highest BCUT2D eigenvalue weighted by molar-refractivity contribution is 4.89. The van der Waals surface area contributed by atoms with Crippen LogP contribution in [0.2, 0.25) is 0 Å². The Kier molecular flexibility index (Phi) is 4.77. The Labute approximate surface area is 83.9 Å². The second-order valence-corrected chi connectivity index (χ2v) is 3.30. The third-order valence-corrected chi connectivity index (χ3v) is 2.43. The summed E-state index contributed by atoms with van der Waals surface area (Å²) in [6.07, 6.45) is -1.39. The van der Waals surface area contributed by atoms with E-state index in [1.54, 1.807) is 14.2 Å². The van der Waals surface area contributed by atoms with Crippen molar-refractivity contribution < 1.29 is 24.1 Å². The number of ether oxygens (including phenoxy) is 4. The second kappa shape index (κ2) is 5.63. The normalized spacial score (nSPS) is 34.7. The van der Waals surface area contributed by atoms with Crippen LogP contribution in [0.25, 0.3) is 0 Å². The van der Waals surface area contributed by atoms with Gasteiger partial charge in [0.1, 0.15) is 24.4 Å². The summed E-state index contributed by atoms with van der Waals surface area (Å²) in [6, 6.07) is 0. The van der Waals surface area contributed by atoms with Crippen LogP contribution in [0, 0.1) is 0 Å². The van der Waals surface area contributed by atoms with E-state index in [-0.39, 0.29) is 24.9 Å². The van der Waals surface area contributed by atoms with Crippen LogP contribution in [0.1, 0.15) is 0 Å². The number of aliphatic hydroxyl groups excluding tert-OH is 1. The minimum Gasteiger partial charge on any atom is -0.388 e. The summed E-state index contributed by atoms with van der Waals surface area (Å²) >= 11 is 0. The summed E-state index contributed by atoms with van der Waals surface area (Å²) < 4.78 is 20.6. The molecule has 0 saturated carbocycles. The van der Waals surface area contributed by atoms with Gasteiger partial charge < -0.3 is 24.1 Å². The van der Waals surface area contributed by atoms with E-state index in [0.717, 1.165) is 0 Å². The van der Waals surface area contributed by atoms with Crippen molar-refractivity contribution in [2.24, 2.45) is 0 Å². The number of hydrogen-bond acceptors (Lipinski definition) is 5. The van der Waals surface area contributed by atoms with Gasteiger partial charge in [-0.15, -0.1) is 0 Å². The first-order chi connectivity index (χ1) is 6.74. The zero-order valence-corrected chi connectivity index (χ0v) is 8.80. The van der Waals surface area contributed by atoms with E-state index in [2.05, 4.69) is 0 Å². The van der Waals surface area contributed by atoms with Crippen LogP contribution in [-0.4, -0.2) is 64.1 Å². The minimum absolute atomic E-state index is 0.114. The molecule has 84 valence electrons. The zero-order chi connectivity index (χ0) is 10.6. The van der Waals surface area contributed by atoms with Gasteiger partial charge in [0.2, 0.25) is 0 Å². The molecule has 1 fully saturated rings. The van der Waals surface area contributed by atoms with Gasteiger partial charge in [-0.3, -0.25) is 0 Å². The molecule has 5 heteroatoms. The highest BCUT2D eigenvalue weighted by Gasteiger charge is 2.41. The van der Waals surface area contributed by atoms with Crippen molar-refractivity contribution >= 4 is 0 Å². The summed E-state index contributed by atoms with van der Waals surface area (Å²) in [5.74, 6) is 0. The van der Waals surface area contributed by atoms with Crippen molar-refractivity contribution in [3.05, 3.63) is 0 Å². The Hall–Kier alpha value is -0.200. The van der Waals surface area contributed by atoms with Crippen molar-refractivity contribution in [2.75, 3.05) is 34.5 Å². The zero-order valence-electron chi connectivity index (χ0n) is 8.80. The number of methoxy groups -OCH3 is 3. The molecule has 0 aromatic rings. The fourth-order valence-corrected chi connectivity index (χ4v) is 1.69. The lowest BCUT2D eigenvalue weighted by atomic mass is 10.1. The number of hydrogen-bond donors (Lipinski definition) is 1. The topological polar surface area (TPSA) is 57.2 Å². The van der Waals surface area contributed by atoms with E-state index in [4.69, 9.17) is 18.9 Å². The summed E-state index contributed by atoms with van der Waals surface area (Å²) in [5, 5.41) is 9.68. The van der Waals surface area contributed by atoms with Crippen molar-refractivity contribution in [1.82, 2.24) is 0 Å². The Balaban J connectivity index is 2.52.